The van der Waals surface area contributed by atoms with E-state index in [9.17, 15) is 19.8 Å². The second-order valence-corrected chi connectivity index (χ2v) is 16.8. The van der Waals surface area contributed by atoms with E-state index in [1.165, 1.54) is 70.6 Å². The summed E-state index contributed by atoms with van der Waals surface area (Å²) in [6.45, 7) is 6.28. The van der Waals surface area contributed by atoms with Gasteiger partial charge in [0, 0.05) is 6.42 Å². The summed E-state index contributed by atoms with van der Waals surface area (Å²) in [5.41, 5.74) is 0. The number of hydrogen-bond donors (Lipinski definition) is 3. The summed E-state index contributed by atoms with van der Waals surface area (Å²) >= 11 is 0. The van der Waals surface area contributed by atoms with Gasteiger partial charge in [-0.2, -0.15) is 0 Å². The van der Waals surface area contributed by atoms with Crippen LogP contribution in [0.2, 0.25) is 0 Å². The molecule has 0 fully saturated rings. The quantitative estimate of drug-likeness (QED) is 0.0323. The zero-order valence-corrected chi connectivity index (χ0v) is 39.3. The van der Waals surface area contributed by atoms with Crippen LogP contribution in [-0.2, 0) is 14.3 Å². The third-order valence-corrected chi connectivity index (χ3v) is 11.0. The summed E-state index contributed by atoms with van der Waals surface area (Å²) in [6, 6.07) is -0.714. The molecule has 0 aliphatic rings. The van der Waals surface area contributed by atoms with E-state index < -0.39 is 18.2 Å². The molecule has 0 aliphatic carbocycles. The fourth-order valence-corrected chi connectivity index (χ4v) is 7.22. The van der Waals surface area contributed by atoms with E-state index in [1.807, 2.05) is 0 Å². The maximum atomic E-state index is 13.1. The van der Waals surface area contributed by atoms with E-state index in [1.54, 1.807) is 0 Å². The predicted molar refractivity (Wildman–Crippen MR) is 259 cm³/mol. The lowest BCUT2D eigenvalue weighted by molar-refractivity contribution is -0.151. The monoisotopic (exact) mass is 838 g/mol. The maximum absolute atomic E-state index is 13.1. The number of allylic oxidation sites excluding steroid dienone is 12. The Morgan fingerprint density at radius 3 is 1.45 bits per heavy atom. The van der Waals surface area contributed by atoms with E-state index in [2.05, 4.69) is 99.0 Å². The second kappa shape index (κ2) is 47.4. The van der Waals surface area contributed by atoms with Gasteiger partial charge < -0.3 is 20.3 Å². The van der Waals surface area contributed by atoms with Crippen LogP contribution in [0.4, 0.5) is 0 Å². The van der Waals surface area contributed by atoms with Crippen molar-refractivity contribution in [1.82, 2.24) is 5.32 Å². The summed E-state index contributed by atoms with van der Waals surface area (Å²) in [7, 11) is 0. The topological polar surface area (TPSA) is 95.9 Å². The number of amides is 1. The van der Waals surface area contributed by atoms with Crippen LogP contribution >= 0.6 is 0 Å². The molecule has 6 heteroatoms. The number of unbranched alkanes of at least 4 members (excludes halogenated alkanes) is 20. The van der Waals surface area contributed by atoms with Crippen LogP contribution in [0, 0.1) is 0 Å². The molecule has 0 aromatic carbocycles. The fraction of sp³-hybridized carbons (Fsp3) is 0.741. The highest BCUT2D eigenvalue weighted by atomic mass is 16.5. The average molecular weight is 838 g/mol. The Kier molecular flexibility index (Phi) is 45.2. The molecule has 0 saturated heterocycles. The highest BCUT2D eigenvalue weighted by Gasteiger charge is 2.24. The molecule has 0 aliphatic heterocycles. The Balaban J connectivity index is 4.49. The normalized spacial score (nSPS) is 13.9. The first-order chi connectivity index (χ1) is 29.5. The largest absolute Gasteiger partial charge is 0.462 e. The van der Waals surface area contributed by atoms with Gasteiger partial charge in [-0.1, -0.05) is 203 Å². The maximum Gasteiger partial charge on any atom is 0.306 e. The van der Waals surface area contributed by atoms with Crippen LogP contribution in [0.15, 0.2) is 72.9 Å². The van der Waals surface area contributed by atoms with Gasteiger partial charge in [0.2, 0.25) is 5.91 Å². The molecule has 3 atom stereocenters. The molecular weight excluding hydrogens is 743 g/mol. The minimum absolute atomic E-state index is 0.0499. The average Bonchev–Trinajstić information content (AvgIpc) is 3.24. The minimum atomic E-state index is -0.798. The smallest absolute Gasteiger partial charge is 0.306 e. The zero-order valence-electron chi connectivity index (χ0n) is 39.3. The number of rotatable bonds is 44. The molecule has 0 aromatic heterocycles. The standard InChI is InChI=1S/C54H95NO5/c1-4-7-10-13-16-19-21-23-25-26-27-28-29-31-33-35-38-41-44-47-54(59)60-50(45-42-39-36-18-15-12-9-6-3)48-53(58)55-51(49-56)52(57)46-43-40-37-34-32-30-24-22-20-17-14-11-8-5-2/h7,10,12,15-16,19,23,25,27-28,31,33,50-52,56-57H,4-6,8-9,11,13-14,17-18,20-22,24,26,29-30,32,34-49H2,1-3H3,(H,55,58)/b10-7-,15-12-,19-16-,25-23-,28-27-,33-31-. The summed E-state index contributed by atoms with van der Waals surface area (Å²) in [5, 5.41) is 23.7. The van der Waals surface area contributed by atoms with Crippen molar-refractivity contribution in [2.75, 3.05) is 6.61 Å². The van der Waals surface area contributed by atoms with E-state index in [-0.39, 0.29) is 24.9 Å². The second-order valence-electron chi connectivity index (χ2n) is 16.8. The van der Waals surface area contributed by atoms with E-state index in [4.69, 9.17) is 4.74 Å². The Hall–Kier alpha value is -2.70. The number of aliphatic hydroxyl groups excluding tert-OH is 2. The Labute approximate surface area is 371 Å². The lowest BCUT2D eigenvalue weighted by Crippen LogP contribution is -2.46. The molecule has 0 radical (unpaired) electrons. The molecule has 0 saturated carbocycles. The van der Waals surface area contributed by atoms with Crippen LogP contribution < -0.4 is 5.32 Å². The number of aliphatic hydroxyl groups is 2. The molecule has 0 heterocycles. The van der Waals surface area contributed by atoms with Crippen LogP contribution in [0.5, 0.6) is 0 Å². The Bertz CT molecular complexity index is 1120. The van der Waals surface area contributed by atoms with Gasteiger partial charge in [0.25, 0.3) is 0 Å². The number of nitrogens with one attached hydrogen (secondary N) is 1. The molecule has 0 aromatic rings. The molecule has 1 amide bonds. The van der Waals surface area contributed by atoms with Crippen molar-refractivity contribution in [3.05, 3.63) is 72.9 Å². The molecular formula is C54H95NO5. The number of hydrogen-bond acceptors (Lipinski definition) is 5. The fourth-order valence-electron chi connectivity index (χ4n) is 7.22. The van der Waals surface area contributed by atoms with Crippen molar-refractivity contribution < 1.29 is 24.5 Å². The molecule has 60 heavy (non-hydrogen) atoms. The van der Waals surface area contributed by atoms with Crippen molar-refractivity contribution >= 4 is 11.9 Å². The van der Waals surface area contributed by atoms with Crippen LogP contribution in [0.1, 0.15) is 233 Å². The van der Waals surface area contributed by atoms with E-state index in [0.29, 0.717) is 19.3 Å². The summed E-state index contributed by atoms with van der Waals surface area (Å²) in [6.07, 6.45) is 59.7. The Morgan fingerprint density at radius 1 is 0.500 bits per heavy atom. The number of ether oxygens (including phenoxy) is 1. The van der Waals surface area contributed by atoms with Gasteiger partial charge >= 0.3 is 5.97 Å². The van der Waals surface area contributed by atoms with Crippen LogP contribution in [0.3, 0.4) is 0 Å². The zero-order chi connectivity index (χ0) is 43.8. The molecule has 6 nitrogen and oxygen atoms in total. The van der Waals surface area contributed by atoms with Crippen molar-refractivity contribution in [2.24, 2.45) is 0 Å². The first-order valence-electron chi connectivity index (χ1n) is 25.2. The third kappa shape index (κ3) is 42.0. The lowest BCUT2D eigenvalue weighted by atomic mass is 10.0. The summed E-state index contributed by atoms with van der Waals surface area (Å²) in [4.78, 5) is 26.0. The minimum Gasteiger partial charge on any atom is -0.462 e. The highest BCUT2D eigenvalue weighted by molar-refractivity contribution is 5.77. The summed E-state index contributed by atoms with van der Waals surface area (Å²) < 4.78 is 5.88. The first kappa shape index (κ1) is 57.3. The number of carbonyl (C=O) groups is 2. The molecule has 0 spiro atoms. The SMILES string of the molecule is CC/C=C\C/C=C\C/C=C\C/C=C\C/C=C\CCCCCC(=O)OC(CCCCC/C=C\CCC)CC(=O)NC(CO)C(O)CCCCCCCCCCCCCCCC. The van der Waals surface area contributed by atoms with Gasteiger partial charge in [0.15, 0.2) is 0 Å². The van der Waals surface area contributed by atoms with Crippen LogP contribution in [0.25, 0.3) is 0 Å². The Morgan fingerprint density at radius 2 is 0.933 bits per heavy atom. The van der Waals surface area contributed by atoms with Crippen molar-refractivity contribution in [3.63, 3.8) is 0 Å². The van der Waals surface area contributed by atoms with Gasteiger partial charge in [0.05, 0.1) is 25.2 Å². The molecule has 0 rings (SSSR count). The van der Waals surface area contributed by atoms with Crippen LogP contribution in [-0.4, -0.2) is 46.9 Å². The number of carbonyl (C=O) groups excluding carboxylic acids is 2. The lowest BCUT2D eigenvalue weighted by Gasteiger charge is -2.24. The van der Waals surface area contributed by atoms with E-state index in [0.717, 1.165) is 116 Å². The van der Waals surface area contributed by atoms with E-state index >= 15 is 0 Å². The number of esters is 1. The summed E-state index contributed by atoms with van der Waals surface area (Å²) in [5.74, 6) is -0.534. The highest BCUT2D eigenvalue weighted by Crippen LogP contribution is 2.17. The van der Waals surface area contributed by atoms with Gasteiger partial charge in [-0.15, -0.1) is 0 Å². The molecule has 346 valence electrons. The van der Waals surface area contributed by atoms with Gasteiger partial charge in [-0.3, -0.25) is 9.59 Å². The third-order valence-electron chi connectivity index (χ3n) is 11.0. The van der Waals surface area contributed by atoms with Crippen molar-refractivity contribution in [1.29, 1.82) is 0 Å². The molecule has 0 bridgehead atoms. The predicted octanol–water partition coefficient (Wildman–Crippen LogP) is 15.0. The van der Waals surface area contributed by atoms with Crippen molar-refractivity contribution in [2.45, 2.75) is 251 Å². The van der Waals surface area contributed by atoms with Gasteiger partial charge in [0.1, 0.15) is 6.10 Å². The molecule has 3 unspecified atom stereocenters. The van der Waals surface area contributed by atoms with Gasteiger partial charge in [-0.25, -0.2) is 0 Å². The molecule has 3 N–H and O–H groups in total. The first-order valence-corrected chi connectivity index (χ1v) is 25.2. The van der Waals surface area contributed by atoms with Crippen molar-refractivity contribution in [3.8, 4) is 0 Å². The van der Waals surface area contributed by atoms with Gasteiger partial charge in [-0.05, 0) is 89.9 Å².